The fourth-order valence-electron chi connectivity index (χ4n) is 4.66. The van der Waals surface area contributed by atoms with Crippen LogP contribution in [0.2, 0.25) is 0 Å². The van der Waals surface area contributed by atoms with Crippen LogP contribution in [0.1, 0.15) is 28.8 Å². The van der Waals surface area contributed by atoms with Crippen molar-refractivity contribution in [2.24, 2.45) is 5.73 Å². The standard InChI is InChI=1S/C15H17N3O.C15H20N2O.C2H6N2O/c1-19-15-16-9-13-11-18(8-7-14(13)17-15)10-12-5-3-2-4-6-12;1-16(2)11-14-12-17(9-8-15(14)18)10-13-6-4-3-5-7-13;1-5-2(3)4/h2-6,9H,7-8,10-11H2,1H3;3-7,11H,8-10,12H2,1-2H3;1H3,(H3,3,4)/b;14-11-;. The van der Waals surface area contributed by atoms with Gasteiger partial charge in [-0.3, -0.25) is 20.0 Å². The Bertz CT molecular complexity index is 1300. The van der Waals surface area contributed by atoms with E-state index >= 15 is 0 Å². The van der Waals surface area contributed by atoms with E-state index in [9.17, 15) is 4.79 Å². The van der Waals surface area contributed by atoms with E-state index in [1.165, 1.54) is 23.8 Å². The minimum Gasteiger partial charge on any atom is -0.469 e. The molecule has 5 rings (SSSR count). The molecule has 0 aliphatic carbocycles. The zero-order valence-corrected chi connectivity index (χ0v) is 25.1. The minimum absolute atomic E-state index is 0.245. The molecule has 10 heteroatoms. The summed E-state index contributed by atoms with van der Waals surface area (Å²) in [4.78, 5) is 27.1. The summed E-state index contributed by atoms with van der Waals surface area (Å²) in [6.07, 6.45) is 5.42. The summed E-state index contributed by atoms with van der Waals surface area (Å²) in [7, 11) is 6.86. The molecule has 0 spiro atoms. The molecule has 0 bridgehead atoms. The van der Waals surface area contributed by atoms with Crippen molar-refractivity contribution in [3.8, 4) is 6.01 Å². The number of likely N-dealkylation sites (tertiary alicyclic amines) is 1. The highest BCUT2D eigenvalue weighted by molar-refractivity contribution is 5.96. The van der Waals surface area contributed by atoms with Gasteiger partial charge in [-0.05, 0) is 11.1 Å². The average molecular weight is 574 g/mol. The normalized spacial score (nSPS) is 15.8. The predicted molar refractivity (Wildman–Crippen MR) is 165 cm³/mol. The highest BCUT2D eigenvalue weighted by atomic mass is 16.5. The number of fused-ring (bicyclic) bond motifs is 1. The van der Waals surface area contributed by atoms with Crippen LogP contribution in [-0.2, 0) is 35.6 Å². The quantitative estimate of drug-likeness (QED) is 0.259. The van der Waals surface area contributed by atoms with Crippen molar-refractivity contribution in [2.75, 3.05) is 47.9 Å². The molecule has 3 N–H and O–H groups in total. The van der Waals surface area contributed by atoms with Gasteiger partial charge in [-0.1, -0.05) is 60.7 Å². The predicted octanol–water partition coefficient (Wildman–Crippen LogP) is 3.48. The molecule has 3 aromatic rings. The summed E-state index contributed by atoms with van der Waals surface area (Å²) < 4.78 is 9.18. The summed E-state index contributed by atoms with van der Waals surface area (Å²) in [6.45, 7) is 5.45. The van der Waals surface area contributed by atoms with Gasteiger partial charge in [0, 0.05) is 89.7 Å². The third-order valence-electron chi connectivity index (χ3n) is 6.71. The molecular formula is C32H43N7O3. The molecule has 42 heavy (non-hydrogen) atoms. The van der Waals surface area contributed by atoms with Crippen LogP contribution >= 0.6 is 0 Å². The van der Waals surface area contributed by atoms with Gasteiger partial charge in [-0.25, -0.2) is 4.98 Å². The van der Waals surface area contributed by atoms with Crippen LogP contribution in [-0.4, -0.2) is 84.4 Å². The maximum Gasteiger partial charge on any atom is 0.316 e. The fraction of sp³-hybridized carbons (Fsp3) is 0.375. The molecule has 1 aromatic heterocycles. The maximum absolute atomic E-state index is 11.8. The molecule has 0 amide bonds. The number of nitrogens with zero attached hydrogens (tertiary/aromatic N) is 5. The smallest absolute Gasteiger partial charge is 0.316 e. The molecule has 2 aliphatic rings. The molecule has 2 aromatic carbocycles. The average Bonchev–Trinajstić information content (AvgIpc) is 3.00. The Morgan fingerprint density at radius 1 is 0.952 bits per heavy atom. The van der Waals surface area contributed by atoms with Gasteiger partial charge in [0.05, 0.1) is 19.9 Å². The Hall–Kier alpha value is -4.28. The van der Waals surface area contributed by atoms with Crippen LogP contribution in [0.3, 0.4) is 0 Å². The lowest BCUT2D eigenvalue weighted by atomic mass is 10.0. The zero-order chi connectivity index (χ0) is 30.3. The first-order valence-corrected chi connectivity index (χ1v) is 14.0. The number of aromatic nitrogens is 2. The largest absolute Gasteiger partial charge is 0.469 e. The number of methoxy groups -OCH3 is 2. The number of ether oxygens (including phenoxy) is 2. The lowest BCUT2D eigenvalue weighted by molar-refractivity contribution is -0.117. The zero-order valence-electron chi connectivity index (χ0n) is 25.1. The van der Waals surface area contributed by atoms with E-state index in [-0.39, 0.29) is 11.8 Å². The first-order valence-electron chi connectivity index (χ1n) is 14.0. The summed E-state index contributed by atoms with van der Waals surface area (Å²) in [6, 6.07) is 21.2. The number of carbonyl (C=O) groups excluding carboxylic acids is 1. The van der Waals surface area contributed by atoms with Crippen molar-refractivity contribution < 1.29 is 14.3 Å². The molecular weight excluding hydrogens is 530 g/mol. The summed E-state index contributed by atoms with van der Waals surface area (Å²) in [5.74, 6) is 0.285. The second-order valence-electron chi connectivity index (χ2n) is 10.3. The number of nitrogens with two attached hydrogens (primary N) is 1. The van der Waals surface area contributed by atoms with Crippen LogP contribution in [0.5, 0.6) is 6.01 Å². The number of hydrogen-bond acceptors (Lipinski definition) is 9. The molecule has 10 nitrogen and oxygen atoms in total. The van der Waals surface area contributed by atoms with Gasteiger partial charge in [0.2, 0.25) is 0 Å². The summed E-state index contributed by atoms with van der Waals surface area (Å²) in [5.41, 5.74) is 10.6. The number of amidine groups is 1. The summed E-state index contributed by atoms with van der Waals surface area (Å²) >= 11 is 0. The van der Waals surface area contributed by atoms with E-state index in [0.717, 1.165) is 57.0 Å². The van der Waals surface area contributed by atoms with E-state index in [1.54, 1.807) is 7.11 Å². The van der Waals surface area contributed by atoms with Gasteiger partial charge in [0.15, 0.2) is 5.78 Å². The Balaban J connectivity index is 0.000000199. The lowest BCUT2D eigenvalue weighted by Gasteiger charge is -2.28. The van der Waals surface area contributed by atoms with Gasteiger partial charge in [0.1, 0.15) is 0 Å². The molecule has 0 saturated carbocycles. The number of nitrogens with one attached hydrogen (secondary N) is 1. The van der Waals surface area contributed by atoms with E-state index in [1.807, 2.05) is 37.5 Å². The number of benzene rings is 2. The van der Waals surface area contributed by atoms with E-state index in [4.69, 9.17) is 10.1 Å². The van der Waals surface area contributed by atoms with E-state index in [0.29, 0.717) is 12.4 Å². The van der Waals surface area contributed by atoms with Crippen LogP contribution in [0.25, 0.3) is 0 Å². The Morgan fingerprint density at radius 3 is 2.02 bits per heavy atom. The third kappa shape index (κ3) is 10.9. The van der Waals surface area contributed by atoms with Crippen LogP contribution in [0, 0.1) is 5.41 Å². The summed E-state index contributed by atoms with van der Waals surface area (Å²) in [5, 5.41) is 6.30. The number of ketones is 1. The van der Waals surface area contributed by atoms with Gasteiger partial charge < -0.3 is 20.1 Å². The number of rotatable bonds is 6. The Labute approximate surface area is 249 Å². The van der Waals surface area contributed by atoms with Crippen molar-refractivity contribution in [1.29, 1.82) is 5.41 Å². The molecule has 3 heterocycles. The second-order valence-corrected chi connectivity index (χ2v) is 10.3. The first kappa shape index (κ1) is 32.2. The Morgan fingerprint density at radius 2 is 1.50 bits per heavy atom. The molecule has 224 valence electrons. The van der Waals surface area contributed by atoms with Crippen LogP contribution in [0.4, 0.5) is 0 Å². The van der Waals surface area contributed by atoms with E-state index < -0.39 is 0 Å². The molecule has 1 saturated heterocycles. The van der Waals surface area contributed by atoms with Crippen LogP contribution in [0.15, 0.2) is 78.6 Å². The number of hydrogen-bond donors (Lipinski definition) is 2. The second kappa shape index (κ2) is 16.9. The monoisotopic (exact) mass is 573 g/mol. The molecule has 1 fully saturated rings. The molecule has 0 atom stereocenters. The minimum atomic E-state index is -0.245. The van der Waals surface area contributed by atoms with Gasteiger partial charge in [-0.15, -0.1) is 0 Å². The van der Waals surface area contributed by atoms with Crippen molar-refractivity contribution >= 4 is 11.8 Å². The molecule has 0 unspecified atom stereocenters. The van der Waals surface area contributed by atoms with Gasteiger partial charge in [-0.2, -0.15) is 4.98 Å². The van der Waals surface area contributed by atoms with Crippen molar-refractivity contribution in [1.82, 2.24) is 24.7 Å². The lowest BCUT2D eigenvalue weighted by Crippen LogP contribution is -2.35. The fourth-order valence-corrected chi connectivity index (χ4v) is 4.66. The Kier molecular flexibility index (Phi) is 12.9. The topological polar surface area (TPSA) is 121 Å². The SMILES string of the molecule is CN(C)/C=C1/CN(Cc2ccccc2)CCC1=O.COC(=N)N.COc1ncc2c(n1)CCN(Cc1ccccc1)C2. The van der Waals surface area contributed by atoms with Gasteiger partial charge >= 0.3 is 6.01 Å². The third-order valence-corrected chi connectivity index (χ3v) is 6.71. The number of carbonyl (C=O) groups is 1. The van der Waals surface area contributed by atoms with Crippen molar-refractivity contribution in [3.63, 3.8) is 0 Å². The first-order chi connectivity index (χ1) is 20.3. The highest BCUT2D eigenvalue weighted by Gasteiger charge is 2.21. The van der Waals surface area contributed by atoms with E-state index in [2.05, 4.69) is 84.8 Å². The van der Waals surface area contributed by atoms with Gasteiger partial charge in [0.25, 0.3) is 6.02 Å². The van der Waals surface area contributed by atoms with Crippen LogP contribution < -0.4 is 10.5 Å². The van der Waals surface area contributed by atoms with Crippen molar-refractivity contribution in [3.05, 3.63) is 101 Å². The maximum atomic E-state index is 11.8. The molecule has 2 aliphatic heterocycles. The van der Waals surface area contributed by atoms with Crippen molar-refractivity contribution in [2.45, 2.75) is 32.5 Å². The highest BCUT2D eigenvalue weighted by Crippen LogP contribution is 2.20. The number of piperidine rings is 1. The molecule has 0 radical (unpaired) electrons. The number of Topliss-reactive ketones (excluding diaryl/α,β-unsaturated/α-hetero) is 1.